The van der Waals surface area contributed by atoms with Gasteiger partial charge in [-0.05, 0) is 47.7 Å². The summed E-state index contributed by atoms with van der Waals surface area (Å²) in [6.45, 7) is 0. The van der Waals surface area contributed by atoms with Gasteiger partial charge in [0, 0.05) is 0 Å². The molecule has 0 bridgehead atoms. The van der Waals surface area contributed by atoms with Crippen molar-refractivity contribution < 1.29 is 29.3 Å². The van der Waals surface area contributed by atoms with Crippen molar-refractivity contribution in [2.75, 3.05) is 7.11 Å². The normalized spacial score (nSPS) is 11.2. The number of carboxylic acids is 2. The minimum Gasteiger partial charge on any atom is -0.478 e. The van der Waals surface area contributed by atoms with Gasteiger partial charge in [0.1, 0.15) is 6.04 Å². The summed E-state index contributed by atoms with van der Waals surface area (Å²) in [6, 6.07) is 10.5. The molecule has 144 valence electrons. The molecule has 4 N–H and O–H groups in total. The molecule has 0 spiro atoms. The number of benzene rings is 2. The maximum absolute atomic E-state index is 11.4. The maximum atomic E-state index is 11.4. The number of ether oxygens (including phenoxy) is 1. The first-order valence-corrected chi connectivity index (χ1v) is 7.86. The van der Waals surface area contributed by atoms with Crippen molar-refractivity contribution in [3.05, 3.63) is 59.2 Å². The molecule has 0 heterocycles. The number of methoxy groups -OCH3 is 1. The molecule has 0 aromatic heterocycles. The van der Waals surface area contributed by atoms with Crippen LogP contribution in [0.15, 0.2) is 42.5 Å². The molecule has 2 aromatic carbocycles. The van der Waals surface area contributed by atoms with Crippen LogP contribution in [0.4, 0.5) is 0 Å². The van der Waals surface area contributed by atoms with E-state index < -0.39 is 23.9 Å². The Kier molecular flexibility index (Phi) is 7.96. The van der Waals surface area contributed by atoms with Crippen LogP contribution in [0.5, 0.6) is 0 Å². The smallest absolute Gasteiger partial charge is 0.335 e. The van der Waals surface area contributed by atoms with E-state index in [4.69, 9.17) is 5.73 Å². The second kappa shape index (κ2) is 9.70. The molecule has 0 aliphatic rings. The first kappa shape index (κ1) is 22.1. The van der Waals surface area contributed by atoms with E-state index >= 15 is 0 Å². The fourth-order valence-electron chi connectivity index (χ4n) is 2.54. The second-order valence-electron chi connectivity index (χ2n) is 5.78. The van der Waals surface area contributed by atoms with E-state index in [9.17, 15) is 24.6 Å². The third-order valence-electron chi connectivity index (χ3n) is 3.94. The van der Waals surface area contributed by atoms with Gasteiger partial charge in [-0.3, -0.25) is 4.79 Å². The van der Waals surface area contributed by atoms with Crippen molar-refractivity contribution in [1.29, 1.82) is 0 Å². The third kappa shape index (κ3) is 5.80. The number of hydrogen-bond donors (Lipinski definition) is 3. The molecule has 8 heteroatoms. The third-order valence-corrected chi connectivity index (χ3v) is 3.94. The van der Waals surface area contributed by atoms with E-state index in [2.05, 4.69) is 4.74 Å². The highest BCUT2D eigenvalue weighted by atomic mass is 35.5. The molecule has 2 rings (SSSR count). The molecule has 2 aromatic rings. The molecule has 1 atom stereocenters. The van der Waals surface area contributed by atoms with Crippen LogP contribution in [-0.4, -0.2) is 41.3 Å². The summed E-state index contributed by atoms with van der Waals surface area (Å²) in [5.74, 6) is -2.88. The number of halogens is 1. The number of nitrogens with two attached hydrogens (primary N) is 1. The Bertz CT molecular complexity index is 820. The summed E-state index contributed by atoms with van der Waals surface area (Å²) in [5, 5.41) is 18.4. The molecule has 0 saturated carbocycles. The van der Waals surface area contributed by atoms with Crippen LogP contribution in [0, 0.1) is 0 Å². The Balaban J connectivity index is 0.00000364. The van der Waals surface area contributed by atoms with Gasteiger partial charge in [0.25, 0.3) is 0 Å². The Morgan fingerprint density at radius 2 is 1.59 bits per heavy atom. The van der Waals surface area contributed by atoms with Crippen molar-refractivity contribution in [3.8, 4) is 11.1 Å². The molecule has 1 unspecified atom stereocenters. The molecular formula is C19H20ClNO6. The summed E-state index contributed by atoms with van der Waals surface area (Å²) >= 11 is 0. The van der Waals surface area contributed by atoms with Crippen LogP contribution < -0.4 is 5.73 Å². The zero-order chi connectivity index (χ0) is 19.3. The average molecular weight is 394 g/mol. The fourth-order valence-corrected chi connectivity index (χ4v) is 2.54. The first-order chi connectivity index (χ1) is 12.3. The number of aryl methyl sites for hydroxylation is 1. The molecule has 0 aliphatic heterocycles. The van der Waals surface area contributed by atoms with E-state index in [0.717, 1.165) is 11.6 Å². The average Bonchev–Trinajstić information content (AvgIpc) is 2.65. The number of carboxylic acid groups (broad SMARTS) is 2. The minimum absolute atomic E-state index is 0. The van der Waals surface area contributed by atoms with Gasteiger partial charge in [-0.15, -0.1) is 12.4 Å². The Hall–Kier alpha value is -2.90. The molecule has 7 nitrogen and oxygen atoms in total. The Morgan fingerprint density at radius 1 is 1.00 bits per heavy atom. The number of esters is 1. The van der Waals surface area contributed by atoms with Gasteiger partial charge >= 0.3 is 17.9 Å². The van der Waals surface area contributed by atoms with E-state index in [1.807, 2.05) is 12.1 Å². The number of carbonyl (C=O) groups is 3. The SMILES string of the molecule is COC(=O)C(N)CCc1cccc(-c2cc(C(=O)O)cc(C(=O)O)c2)c1.Cl. The van der Waals surface area contributed by atoms with E-state index in [-0.39, 0.29) is 23.5 Å². The first-order valence-electron chi connectivity index (χ1n) is 7.86. The molecule has 0 amide bonds. The highest BCUT2D eigenvalue weighted by Crippen LogP contribution is 2.24. The van der Waals surface area contributed by atoms with Crippen LogP contribution in [0.3, 0.4) is 0 Å². The van der Waals surface area contributed by atoms with Crippen LogP contribution in [0.1, 0.15) is 32.7 Å². The van der Waals surface area contributed by atoms with Gasteiger partial charge in [-0.25, -0.2) is 9.59 Å². The summed E-state index contributed by atoms with van der Waals surface area (Å²) < 4.78 is 4.59. The Labute approximate surface area is 162 Å². The van der Waals surface area contributed by atoms with E-state index in [1.165, 1.54) is 19.2 Å². The van der Waals surface area contributed by atoms with Gasteiger partial charge in [-0.1, -0.05) is 24.3 Å². The predicted octanol–water partition coefficient (Wildman–Crippen LogP) is 2.60. The molecule has 0 saturated heterocycles. The lowest BCUT2D eigenvalue weighted by Gasteiger charge is -2.11. The lowest BCUT2D eigenvalue weighted by Crippen LogP contribution is -2.31. The van der Waals surface area contributed by atoms with Gasteiger partial charge < -0.3 is 20.7 Å². The lowest BCUT2D eigenvalue weighted by molar-refractivity contribution is -0.142. The van der Waals surface area contributed by atoms with Crippen molar-refractivity contribution in [1.82, 2.24) is 0 Å². The fraction of sp³-hybridized carbons (Fsp3) is 0.211. The van der Waals surface area contributed by atoms with Gasteiger partial charge in [-0.2, -0.15) is 0 Å². The highest BCUT2D eigenvalue weighted by Gasteiger charge is 2.15. The minimum atomic E-state index is -1.20. The highest BCUT2D eigenvalue weighted by molar-refractivity contribution is 5.96. The maximum Gasteiger partial charge on any atom is 0.335 e. The monoisotopic (exact) mass is 393 g/mol. The van der Waals surface area contributed by atoms with E-state index in [0.29, 0.717) is 24.0 Å². The number of aromatic carboxylic acids is 2. The summed E-state index contributed by atoms with van der Waals surface area (Å²) in [7, 11) is 1.28. The van der Waals surface area contributed by atoms with Crippen molar-refractivity contribution in [2.24, 2.45) is 5.73 Å². The van der Waals surface area contributed by atoms with Crippen molar-refractivity contribution in [3.63, 3.8) is 0 Å². The number of rotatable bonds is 7. The van der Waals surface area contributed by atoms with Crippen LogP contribution in [0.2, 0.25) is 0 Å². The molecule has 0 fully saturated rings. The van der Waals surface area contributed by atoms with Crippen LogP contribution in [-0.2, 0) is 16.0 Å². The summed E-state index contributed by atoms with van der Waals surface area (Å²) in [5.41, 5.74) is 7.58. The van der Waals surface area contributed by atoms with Crippen molar-refractivity contribution in [2.45, 2.75) is 18.9 Å². The number of carbonyl (C=O) groups excluding carboxylic acids is 1. The predicted molar refractivity (Wildman–Crippen MR) is 101 cm³/mol. The van der Waals surface area contributed by atoms with Crippen LogP contribution >= 0.6 is 12.4 Å². The van der Waals surface area contributed by atoms with Crippen LogP contribution in [0.25, 0.3) is 11.1 Å². The molecule has 0 aliphatic carbocycles. The largest absolute Gasteiger partial charge is 0.478 e. The van der Waals surface area contributed by atoms with Gasteiger partial charge in [0.15, 0.2) is 0 Å². The Morgan fingerprint density at radius 3 is 2.11 bits per heavy atom. The lowest BCUT2D eigenvalue weighted by atomic mass is 9.96. The van der Waals surface area contributed by atoms with Gasteiger partial charge in [0.05, 0.1) is 18.2 Å². The zero-order valence-corrected chi connectivity index (χ0v) is 15.4. The van der Waals surface area contributed by atoms with Gasteiger partial charge in [0.2, 0.25) is 0 Å². The zero-order valence-electron chi connectivity index (χ0n) is 14.5. The summed E-state index contributed by atoms with van der Waals surface area (Å²) in [6.07, 6.45) is 0.917. The van der Waals surface area contributed by atoms with E-state index in [1.54, 1.807) is 12.1 Å². The number of hydrogen-bond acceptors (Lipinski definition) is 5. The quantitative estimate of drug-likeness (QED) is 0.617. The standard InChI is InChI=1S/C19H19NO6.ClH/c1-26-19(25)16(20)6-5-11-3-2-4-12(7-11)13-8-14(17(21)22)10-15(9-13)18(23)24;/h2-4,7-10,16H,5-6,20H2,1H3,(H,21,22)(H,23,24);1H. The topological polar surface area (TPSA) is 127 Å². The molecular weight excluding hydrogens is 374 g/mol. The molecule has 27 heavy (non-hydrogen) atoms. The second-order valence-corrected chi connectivity index (χ2v) is 5.78. The molecule has 0 radical (unpaired) electrons. The summed E-state index contributed by atoms with van der Waals surface area (Å²) in [4.78, 5) is 33.9. The van der Waals surface area contributed by atoms with Crippen molar-refractivity contribution >= 4 is 30.3 Å².